The number of sulfonamides is 1. The monoisotopic (exact) mass is 402 g/mol. The van der Waals surface area contributed by atoms with Crippen LogP contribution in [0.2, 0.25) is 0 Å². The van der Waals surface area contributed by atoms with E-state index in [9.17, 15) is 13.2 Å². The van der Waals surface area contributed by atoms with Crippen molar-refractivity contribution in [3.63, 3.8) is 0 Å². The molecule has 1 amide bonds. The average molecular weight is 403 g/mol. The molecular formula is C21H26N2O4S. The summed E-state index contributed by atoms with van der Waals surface area (Å²) < 4.78 is 32.8. The summed E-state index contributed by atoms with van der Waals surface area (Å²) in [5.74, 6) is -0.277. The molecule has 1 aliphatic heterocycles. The van der Waals surface area contributed by atoms with Crippen molar-refractivity contribution in [3.8, 4) is 0 Å². The number of hydrogen-bond acceptors (Lipinski definition) is 4. The van der Waals surface area contributed by atoms with E-state index < -0.39 is 10.0 Å². The summed E-state index contributed by atoms with van der Waals surface area (Å²) in [7, 11) is -3.62. The predicted octanol–water partition coefficient (Wildman–Crippen LogP) is 3.35. The molecule has 2 atom stereocenters. The van der Waals surface area contributed by atoms with E-state index in [0.29, 0.717) is 24.3 Å². The molecule has 1 heterocycles. The van der Waals surface area contributed by atoms with Gasteiger partial charge in [0.1, 0.15) is 0 Å². The zero-order chi connectivity index (χ0) is 20.5. The van der Waals surface area contributed by atoms with Gasteiger partial charge in [-0.05, 0) is 75.2 Å². The van der Waals surface area contributed by atoms with Gasteiger partial charge in [0, 0.05) is 24.3 Å². The molecule has 3 rings (SSSR count). The van der Waals surface area contributed by atoms with Crippen LogP contribution >= 0.6 is 0 Å². The lowest BCUT2D eigenvalue weighted by Gasteiger charge is -2.34. The van der Waals surface area contributed by atoms with Gasteiger partial charge in [0.15, 0.2) is 0 Å². The fourth-order valence-corrected chi connectivity index (χ4v) is 4.87. The third-order valence-electron chi connectivity index (χ3n) is 4.91. The Morgan fingerprint density at radius 1 is 1.00 bits per heavy atom. The maximum absolute atomic E-state index is 12.9. The van der Waals surface area contributed by atoms with E-state index in [0.717, 1.165) is 11.1 Å². The number of carbonyl (C=O) groups excluding carboxylic acids is 1. The van der Waals surface area contributed by atoms with Crippen molar-refractivity contribution in [2.45, 2.75) is 44.8 Å². The molecule has 2 aromatic carbocycles. The molecule has 0 unspecified atom stereocenters. The number of ether oxygens (including phenoxy) is 1. The highest BCUT2D eigenvalue weighted by Gasteiger charge is 2.32. The average Bonchev–Trinajstić information content (AvgIpc) is 2.64. The minimum Gasteiger partial charge on any atom is -0.373 e. The topological polar surface area (TPSA) is 75.7 Å². The number of anilines is 1. The summed E-state index contributed by atoms with van der Waals surface area (Å²) in [5.41, 5.74) is 3.36. The second-order valence-corrected chi connectivity index (χ2v) is 9.29. The van der Waals surface area contributed by atoms with Crippen molar-refractivity contribution in [1.29, 1.82) is 0 Å². The Hall–Kier alpha value is -2.22. The van der Waals surface area contributed by atoms with Gasteiger partial charge in [-0.2, -0.15) is 4.31 Å². The number of amides is 1. The smallest absolute Gasteiger partial charge is 0.255 e. The normalized spacial score (nSPS) is 20.7. The lowest BCUT2D eigenvalue weighted by molar-refractivity contribution is -0.0440. The molecule has 1 aliphatic rings. The Labute approximate surface area is 166 Å². The van der Waals surface area contributed by atoms with Crippen molar-refractivity contribution in [2.24, 2.45) is 0 Å². The largest absolute Gasteiger partial charge is 0.373 e. The van der Waals surface area contributed by atoms with E-state index in [2.05, 4.69) is 5.32 Å². The molecule has 2 aromatic rings. The van der Waals surface area contributed by atoms with Crippen LogP contribution in [0.25, 0.3) is 0 Å². The molecule has 0 aromatic heterocycles. The molecule has 0 bridgehead atoms. The van der Waals surface area contributed by atoms with Crippen LogP contribution in [0.5, 0.6) is 0 Å². The Morgan fingerprint density at radius 3 is 2.18 bits per heavy atom. The summed E-state index contributed by atoms with van der Waals surface area (Å²) in [6.07, 6.45) is -0.303. The van der Waals surface area contributed by atoms with Crippen molar-refractivity contribution in [3.05, 3.63) is 59.2 Å². The molecule has 28 heavy (non-hydrogen) atoms. The summed E-state index contributed by atoms with van der Waals surface area (Å²) in [4.78, 5) is 12.6. The van der Waals surface area contributed by atoms with E-state index in [1.807, 2.05) is 45.9 Å². The molecule has 0 spiro atoms. The number of nitrogens with zero attached hydrogens (tertiary/aromatic N) is 1. The summed E-state index contributed by atoms with van der Waals surface area (Å²) in [6, 6.07) is 11.7. The van der Waals surface area contributed by atoms with E-state index in [1.165, 1.54) is 28.6 Å². The van der Waals surface area contributed by atoms with Crippen LogP contribution in [0.3, 0.4) is 0 Å². The van der Waals surface area contributed by atoms with Crippen LogP contribution in [0.15, 0.2) is 47.4 Å². The van der Waals surface area contributed by atoms with E-state index in [-0.39, 0.29) is 23.0 Å². The summed E-state index contributed by atoms with van der Waals surface area (Å²) >= 11 is 0. The highest BCUT2D eigenvalue weighted by molar-refractivity contribution is 7.89. The predicted molar refractivity (Wildman–Crippen MR) is 109 cm³/mol. The molecule has 0 saturated carbocycles. The molecule has 7 heteroatoms. The van der Waals surface area contributed by atoms with Gasteiger partial charge in [0.2, 0.25) is 10.0 Å². The minimum atomic E-state index is -3.62. The number of hydrogen-bond donors (Lipinski definition) is 1. The number of nitrogens with one attached hydrogen (secondary N) is 1. The molecule has 1 saturated heterocycles. The van der Waals surface area contributed by atoms with Crippen molar-refractivity contribution >= 4 is 21.6 Å². The van der Waals surface area contributed by atoms with Crippen LogP contribution in [0.1, 0.15) is 35.3 Å². The second-order valence-electron chi connectivity index (χ2n) is 7.36. The van der Waals surface area contributed by atoms with Crippen molar-refractivity contribution in [2.75, 3.05) is 18.4 Å². The Balaban J connectivity index is 1.75. The van der Waals surface area contributed by atoms with Crippen LogP contribution in [0, 0.1) is 13.8 Å². The molecule has 150 valence electrons. The zero-order valence-corrected chi connectivity index (χ0v) is 17.4. The van der Waals surface area contributed by atoms with Crippen molar-refractivity contribution in [1.82, 2.24) is 4.31 Å². The van der Waals surface area contributed by atoms with Gasteiger partial charge in [-0.25, -0.2) is 8.42 Å². The number of morpholine rings is 1. The second kappa shape index (κ2) is 8.03. The highest BCUT2D eigenvalue weighted by atomic mass is 32.2. The quantitative estimate of drug-likeness (QED) is 0.851. The van der Waals surface area contributed by atoms with E-state index in [4.69, 9.17) is 4.74 Å². The zero-order valence-electron chi connectivity index (χ0n) is 16.6. The summed E-state index contributed by atoms with van der Waals surface area (Å²) in [6.45, 7) is 8.36. The lowest BCUT2D eigenvalue weighted by Crippen LogP contribution is -2.48. The SMILES string of the molecule is Cc1ccc(NC(=O)c2ccc(S(=O)(=O)N3C[C@@H](C)O[C@H](C)C3)cc2)cc1C. The fourth-order valence-electron chi connectivity index (χ4n) is 3.28. The third-order valence-corrected chi connectivity index (χ3v) is 6.75. The minimum absolute atomic E-state index is 0.151. The van der Waals surface area contributed by atoms with Gasteiger partial charge in [0.25, 0.3) is 5.91 Å². The Kier molecular flexibility index (Phi) is 5.88. The van der Waals surface area contributed by atoms with Gasteiger partial charge in [-0.15, -0.1) is 0 Å². The van der Waals surface area contributed by atoms with Gasteiger partial charge >= 0.3 is 0 Å². The van der Waals surface area contributed by atoms with Gasteiger partial charge in [0.05, 0.1) is 17.1 Å². The maximum Gasteiger partial charge on any atom is 0.255 e. The first kappa shape index (κ1) is 20.5. The van der Waals surface area contributed by atoms with Crippen molar-refractivity contribution < 1.29 is 17.9 Å². The van der Waals surface area contributed by atoms with Gasteiger partial charge in [-0.1, -0.05) is 6.07 Å². The molecule has 6 nitrogen and oxygen atoms in total. The van der Waals surface area contributed by atoms with Crippen LogP contribution in [-0.4, -0.2) is 43.9 Å². The number of rotatable bonds is 4. The van der Waals surface area contributed by atoms with Gasteiger partial charge < -0.3 is 10.1 Å². The number of aryl methyl sites for hydroxylation is 2. The van der Waals surface area contributed by atoms with Crippen LogP contribution in [-0.2, 0) is 14.8 Å². The standard InChI is InChI=1S/C21H26N2O4S/c1-14-5-8-19(11-15(14)2)22-21(24)18-6-9-20(10-7-18)28(25,26)23-12-16(3)27-17(4)13-23/h5-11,16-17H,12-13H2,1-4H3,(H,22,24)/t16-,17-/m1/s1. The number of benzene rings is 2. The third kappa shape index (κ3) is 4.43. The molecule has 0 aliphatic carbocycles. The fraction of sp³-hybridized carbons (Fsp3) is 0.381. The first-order valence-corrected chi connectivity index (χ1v) is 10.7. The number of carbonyl (C=O) groups is 1. The summed E-state index contributed by atoms with van der Waals surface area (Å²) in [5, 5.41) is 2.84. The highest BCUT2D eigenvalue weighted by Crippen LogP contribution is 2.22. The maximum atomic E-state index is 12.9. The van der Waals surface area contributed by atoms with Gasteiger partial charge in [-0.3, -0.25) is 4.79 Å². The van der Waals surface area contributed by atoms with E-state index in [1.54, 1.807) is 0 Å². The lowest BCUT2D eigenvalue weighted by atomic mass is 10.1. The molecular weight excluding hydrogens is 376 g/mol. The first-order valence-electron chi connectivity index (χ1n) is 9.31. The molecule has 1 N–H and O–H groups in total. The first-order chi connectivity index (χ1) is 13.2. The molecule has 1 fully saturated rings. The van der Waals surface area contributed by atoms with Crippen LogP contribution in [0.4, 0.5) is 5.69 Å². The Bertz CT molecular complexity index is 960. The Morgan fingerprint density at radius 2 is 1.61 bits per heavy atom. The van der Waals surface area contributed by atoms with Crippen LogP contribution < -0.4 is 5.32 Å². The van der Waals surface area contributed by atoms with E-state index >= 15 is 0 Å². The molecule has 0 radical (unpaired) electrons.